The second-order valence-corrected chi connectivity index (χ2v) is 5.39. The molecule has 0 saturated carbocycles. The Balaban J connectivity index is 2.50. The van der Waals surface area contributed by atoms with Gasteiger partial charge in [0.2, 0.25) is 0 Å². The summed E-state index contributed by atoms with van der Waals surface area (Å²) >= 11 is 0. The fourth-order valence-electron chi connectivity index (χ4n) is 2.61. The third kappa shape index (κ3) is 3.21. The lowest BCUT2D eigenvalue weighted by atomic mass is 9.87. The van der Waals surface area contributed by atoms with Gasteiger partial charge < -0.3 is 9.47 Å². The molecule has 1 aromatic carbocycles. The van der Waals surface area contributed by atoms with Crippen LogP contribution in [0.5, 0.6) is 0 Å². The molecule has 1 aliphatic heterocycles. The lowest BCUT2D eigenvalue weighted by molar-refractivity contribution is -0.141. The molecule has 2 rings (SSSR count). The minimum atomic E-state index is -0.604. The highest BCUT2D eigenvalue weighted by molar-refractivity contribution is 6.23. The van der Waals surface area contributed by atoms with Gasteiger partial charge in [-0.15, -0.1) is 0 Å². The lowest BCUT2D eigenvalue weighted by Gasteiger charge is -2.31. The molecule has 2 atom stereocenters. The third-order valence-corrected chi connectivity index (χ3v) is 3.80. The molecule has 22 heavy (non-hydrogen) atoms. The number of carbonyl (C=O) groups is 2. The van der Waals surface area contributed by atoms with E-state index in [0.717, 1.165) is 18.4 Å². The van der Waals surface area contributed by atoms with Gasteiger partial charge in [0.1, 0.15) is 17.4 Å². The summed E-state index contributed by atoms with van der Waals surface area (Å²) in [7, 11) is 0. The number of ketones is 1. The predicted octanol–water partition coefficient (Wildman–Crippen LogP) is 3.36. The molecule has 0 fully saturated rings. The number of esters is 1. The van der Waals surface area contributed by atoms with E-state index in [1.165, 1.54) is 0 Å². The number of rotatable bonds is 5. The molecule has 4 nitrogen and oxygen atoms in total. The minimum Gasteiger partial charge on any atom is -0.488 e. The highest BCUT2D eigenvalue weighted by Gasteiger charge is 2.39. The van der Waals surface area contributed by atoms with E-state index in [1.807, 2.05) is 44.2 Å². The van der Waals surface area contributed by atoms with Crippen LogP contribution in [0.3, 0.4) is 0 Å². The van der Waals surface area contributed by atoms with E-state index in [-0.39, 0.29) is 30.0 Å². The molecule has 0 spiro atoms. The first kappa shape index (κ1) is 16.3. The largest absolute Gasteiger partial charge is 0.488 e. The van der Waals surface area contributed by atoms with Gasteiger partial charge in [0.15, 0.2) is 5.78 Å². The van der Waals surface area contributed by atoms with E-state index in [4.69, 9.17) is 9.47 Å². The van der Waals surface area contributed by atoms with Crippen LogP contribution in [0.1, 0.15) is 39.2 Å². The molecular formula is C18H22O4. The van der Waals surface area contributed by atoms with Crippen molar-refractivity contribution >= 4 is 17.5 Å². The van der Waals surface area contributed by atoms with E-state index >= 15 is 0 Å². The molecule has 0 bridgehead atoms. The van der Waals surface area contributed by atoms with Crippen molar-refractivity contribution in [1.29, 1.82) is 0 Å². The Hall–Kier alpha value is -2.10. The number of Topliss-reactive ketones (excluding diaryl/α,β-unsaturated/α-hetero) is 1. The minimum absolute atomic E-state index is 0.0351. The first-order valence-corrected chi connectivity index (χ1v) is 7.77. The monoisotopic (exact) mass is 302 g/mol. The fourth-order valence-corrected chi connectivity index (χ4v) is 2.61. The van der Waals surface area contributed by atoms with Gasteiger partial charge in [-0.1, -0.05) is 50.6 Å². The van der Waals surface area contributed by atoms with Crippen molar-refractivity contribution in [2.24, 2.45) is 5.92 Å². The van der Waals surface area contributed by atoms with E-state index in [2.05, 4.69) is 0 Å². The van der Waals surface area contributed by atoms with Crippen LogP contribution in [0, 0.1) is 5.92 Å². The predicted molar refractivity (Wildman–Crippen MR) is 83.9 cm³/mol. The van der Waals surface area contributed by atoms with E-state index < -0.39 is 5.97 Å². The Morgan fingerprint density at radius 1 is 1.23 bits per heavy atom. The van der Waals surface area contributed by atoms with Gasteiger partial charge >= 0.3 is 5.97 Å². The van der Waals surface area contributed by atoms with Gasteiger partial charge in [0.25, 0.3) is 0 Å². The Morgan fingerprint density at radius 2 is 1.91 bits per heavy atom. The van der Waals surface area contributed by atoms with Crippen molar-refractivity contribution in [2.75, 3.05) is 6.61 Å². The van der Waals surface area contributed by atoms with Gasteiger partial charge in [0, 0.05) is 5.56 Å². The molecule has 0 N–H and O–H groups in total. The van der Waals surface area contributed by atoms with Crippen molar-refractivity contribution in [3.05, 3.63) is 41.5 Å². The summed E-state index contributed by atoms with van der Waals surface area (Å²) in [6, 6.07) is 9.25. The van der Waals surface area contributed by atoms with Crippen molar-refractivity contribution < 1.29 is 19.1 Å². The first-order valence-electron chi connectivity index (χ1n) is 7.77. The van der Waals surface area contributed by atoms with E-state index in [9.17, 15) is 9.59 Å². The zero-order valence-corrected chi connectivity index (χ0v) is 13.3. The first-order chi connectivity index (χ1) is 10.6. The zero-order chi connectivity index (χ0) is 16.1. The van der Waals surface area contributed by atoms with Crippen LogP contribution >= 0.6 is 0 Å². The molecule has 0 radical (unpaired) electrons. The van der Waals surface area contributed by atoms with Crippen LogP contribution in [0.25, 0.3) is 5.76 Å². The maximum atomic E-state index is 12.7. The molecule has 0 saturated heterocycles. The van der Waals surface area contributed by atoms with Crippen LogP contribution in [-0.2, 0) is 19.1 Å². The topological polar surface area (TPSA) is 52.6 Å². The van der Waals surface area contributed by atoms with Crippen LogP contribution in [0.2, 0.25) is 0 Å². The van der Waals surface area contributed by atoms with Gasteiger partial charge in [-0.3, -0.25) is 4.79 Å². The Kier molecular flexibility index (Phi) is 5.36. The molecule has 1 heterocycles. The zero-order valence-electron chi connectivity index (χ0n) is 13.3. The fraction of sp³-hybridized carbons (Fsp3) is 0.444. The van der Waals surface area contributed by atoms with Crippen molar-refractivity contribution in [3.8, 4) is 0 Å². The molecule has 1 aliphatic rings. The summed E-state index contributed by atoms with van der Waals surface area (Å²) in [5.74, 6) is -0.789. The number of ether oxygens (including phenoxy) is 2. The van der Waals surface area contributed by atoms with Crippen molar-refractivity contribution in [1.82, 2.24) is 0 Å². The standard InChI is InChI=1S/C18H22O4/c1-4-9-14-12(3)16(19)15(18(20)21-5-2)17(22-14)13-10-7-6-8-11-13/h6-8,10-12,14H,4-5,9H2,1-3H3. The quantitative estimate of drug-likeness (QED) is 0.618. The van der Waals surface area contributed by atoms with Crippen LogP contribution in [-0.4, -0.2) is 24.5 Å². The number of carbonyl (C=O) groups excluding carboxylic acids is 2. The molecule has 2 unspecified atom stereocenters. The second kappa shape index (κ2) is 7.25. The van der Waals surface area contributed by atoms with Crippen LogP contribution < -0.4 is 0 Å². The smallest absolute Gasteiger partial charge is 0.345 e. The number of hydrogen-bond donors (Lipinski definition) is 0. The molecule has 0 amide bonds. The SMILES string of the molecule is CCCC1OC(c2ccccc2)=C(C(=O)OCC)C(=O)C1C. The summed E-state index contributed by atoms with van der Waals surface area (Å²) in [6.45, 7) is 5.81. The normalized spacial score (nSPS) is 21.5. The molecule has 0 aromatic heterocycles. The summed E-state index contributed by atoms with van der Waals surface area (Å²) in [4.78, 5) is 24.9. The average molecular weight is 302 g/mol. The van der Waals surface area contributed by atoms with Crippen molar-refractivity contribution in [2.45, 2.75) is 39.7 Å². The average Bonchev–Trinajstić information content (AvgIpc) is 2.52. The maximum Gasteiger partial charge on any atom is 0.345 e. The summed E-state index contributed by atoms with van der Waals surface area (Å²) in [5.41, 5.74) is 0.764. The maximum absolute atomic E-state index is 12.7. The number of hydrogen-bond acceptors (Lipinski definition) is 4. The molecular weight excluding hydrogens is 280 g/mol. The Morgan fingerprint density at radius 3 is 2.50 bits per heavy atom. The molecule has 4 heteroatoms. The van der Waals surface area contributed by atoms with Gasteiger partial charge in [-0.05, 0) is 13.3 Å². The molecule has 0 aliphatic carbocycles. The highest BCUT2D eigenvalue weighted by atomic mass is 16.5. The van der Waals surface area contributed by atoms with E-state index in [0.29, 0.717) is 5.76 Å². The van der Waals surface area contributed by atoms with Crippen molar-refractivity contribution in [3.63, 3.8) is 0 Å². The Bertz CT molecular complexity index is 574. The summed E-state index contributed by atoms with van der Waals surface area (Å²) in [5, 5.41) is 0. The van der Waals surface area contributed by atoms with Gasteiger partial charge in [0.05, 0.1) is 12.5 Å². The molecule has 1 aromatic rings. The highest BCUT2D eigenvalue weighted by Crippen LogP contribution is 2.34. The number of benzene rings is 1. The Labute approximate surface area is 131 Å². The van der Waals surface area contributed by atoms with Gasteiger partial charge in [-0.25, -0.2) is 4.79 Å². The molecule has 118 valence electrons. The second-order valence-electron chi connectivity index (χ2n) is 5.39. The lowest BCUT2D eigenvalue weighted by Crippen LogP contribution is -2.37. The van der Waals surface area contributed by atoms with Gasteiger partial charge in [-0.2, -0.15) is 0 Å². The third-order valence-electron chi connectivity index (χ3n) is 3.80. The van der Waals surface area contributed by atoms with E-state index in [1.54, 1.807) is 6.92 Å². The van der Waals surface area contributed by atoms with Crippen LogP contribution in [0.15, 0.2) is 35.9 Å². The summed E-state index contributed by atoms with van der Waals surface area (Å²) in [6.07, 6.45) is 1.49. The van der Waals surface area contributed by atoms with Crippen LogP contribution in [0.4, 0.5) is 0 Å². The summed E-state index contributed by atoms with van der Waals surface area (Å²) < 4.78 is 11.1.